The lowest BCUT2D eigenvalue weighted by atomic mass is 10.1. The minimum atomic E-state index is -3.20. The number of fused-ring (bicyclic) bond motifs is 1. The van der Waals surface area contributed by atoms with Crippen LogP contribution in [0.3, 0.4) is 0 Å². The van der Waals surface area contributed by atoms with Gasteiger partial charge in [0.15, 0.2) is 0 Å². The number of thiophene rings is 1. The SMILES string of the molecule is C/C=C/S(=O)(=O)N1CCc2sccc2C1. The summed E-state index contributed by atoms with van der Waals surface area (Å²) in [5, 5.41) is 3.29. The molecule has 2 rings (SSSR count). The highest BCUT2D eigenvalue weighted by Gasteiger charge is 2.24. The van der Waals surface area contributed by atoms with Crippen LogP contribution in [-0.2, 0) is 23.0 Å². The maximum atomic E-state index is 11.8. The van der Waals surface area contributed by atoms with E-state index in [-0.39, 0.29) is 0 Å². The predicted molar refractivity (Wildman–Crippen MR) is 62.2 cm³/mol. The van der Waals surface area contributed by atoms with E-state index in [1.165, 1.54) is 14.6 Å². The van der Waals surface area contributed by atoms with Gasteiger partial charge in [0, 0.05) is 23.4 Å². The average Bonchev–Trinajstić information content (AvgIpc) is 2.63. The van der Waals surface area contributed by atoms with E-state index in [1.54, 1.807) is 24.3 Å². The lowest BCUT2D eigenvalue weighted by molar-refractivity contribution is 0.400. The second kappa shape index (κ2) is 4.08. The quantitative estimate of drug-likeness (QED) is 0.796. The minimum Gasteiger partial charge on any atom is -0.208 e. The second-order valence-corrected chi connectivity index (χ2v) is 6.29. The van der Waals surface area contributed by atoms with Crippen molar-refractivity contribution in [3.63, 3.8) is 0 Å². The van der Waals surface area contributed by atoms with E-state index in [0.717, 1.165) is 12.0 Å². The van der Waals surface area contributed by atoms with Crippen LogP contribution in [0.25, 0.3) is 0 Å². The minimum absolute atomic E-state index is 0.519. The molecule has 0 saturated carbocycles. The summed E-state index contributed by atoms with van der Waals surface area (Å²) in [6.07, 6.45) is 2.41. The van der Waals surface area contributed by atoms with Gasteiger partial charge in [-0.25, -0.2) is 8.42 Å². The van der Waals surface area contributed by atoms with Gasteiger partial charge < -0.3 is 0 Å². The zero-order chi connectivity index (χ0) is 10.9. The van der Waals surface area contributed by atoms with E-state index in [1.807, 2.05) is 11.4 Å². The third kappa shape index (κ3) is 2.14. The van der Waals surface area contributed by atoms with Gasteiger partial charge in [-0.1, -0.05) is 6.08 Å². The highest BCUT2D eigenvalue weighted by molar-refractivity contribution is 7.92. The fourth-order valence-electron chi connectivity index (χ4n) is 1.70. The van der Waals surface area contributed by atoms with Gasteiger partial charge in [0.25, 0.3) is 0 Å². The Balaban J connectivity index is 2.24. The largest absolute Gasteiger partial charge is 0.236 e. The van der Waals surface area contributed by atoms with Crippen molar-refractivity contribution < 1.29 is 8.42 Å². The molecule has 0 fully saturated rings. The second-order valence-electron chi connectivity index (χ2n) is 3.47. The maximum absolute atomic E-state index is 11.8. The van der Waals surface area contributed by atoms with Crippen molar-refractivity contribution in [1.29, 1.82) is 0 Å². The van der Waals surface area contributed by atoms with Crippen LogP contribution in [0, 0.1) is 0 Å². The van der Waals surface area contributed by atoms with Gasteiger partial charge in [-0.3, -0.25) is 0 Å². The number of nitrogens with zero attached hydrogens (tertiary/aromatic N) is 1. The molecule has 0 radical (unpaired) electrons. The van der Waals surface area contributed by atoms with Crippen LogP contribution in [0.5, 0.6) is 0 Å². The van der Waals surface area contributed by atoms with Crippen LogP contribution in [-0.4, -0.2) is 19.3 Å². The van der Waals surface area contributed by atoms with Crippen LogP contribution in [0.15, 0.2) is 22.9 Å². The number of rotatable bonds is 2. The Labute approximate surface area is 94.1 Å². The third-order valence-electron chi connectivity index (χ3n) is 2.44. The predicted octanol–water partition coefficient (Wildman–Crippen LogP) is 1.97. The summed E-state index contributed by atoms with van der Waals surface area (Å²) in [6, 6.07) is 2.01. The Morgan fingerprint density at radius 1 is 1.53 bits per heavy atom. The van der Waals surface area contributed by atoms with E-state index in [2.05, 4.69) is 0 Å². The van der Waals surface area contributed by atoms with Gasteiger partial charge in [-0.15, -0.1) is 11.3 Å². The summed E-state index contributed by atoms with van der Waals surface area (Å²) in [7, 11) is -3.20. The van der Waals surface area contributed by atoms with Crippen LogP contribution in [0.2, 0.25) is 0 Å². The molecule has 15 heavy (non-hydrogen) atoms. The molecular formula is C10H13NO2S2. The number of hydrogen-bond acceptors (Lipinski definition) is 3. The van der Waals surface area contributed by atoms with Gasteiger partial charge in [0.2, 0.25) is 10.0 Å². The standard InChI is InChI=1S/C10H13NO2S2/c1-2-7-15(12,13)11-5-3-10-9(8-11)4-6-14-10/h2,4,6-7H,3,5,8H2,1H3/b7-2+. The van der Waals surface area contributed by atoms with Crippen molar-refractivity contribution in [3.8, 4) is 0 Å². The molecule has 3 nitrogen and oxygen atoms in total. The van der Waals surface area contributed by atoms with Crippen molar-refractivity contribution in [3.05, 3.63) is 33.4 Å². The van der Waals surface area contributed by atoms with E-state index < -0.39 is 10.0 Å². The maximum Gasteiger partial charge on any atom is 0.236 e. The van der Waals surface area contributed by atoms with E-state index >= 15 is 0 Å². The summed E-state index contributed by atoms with van der Waals surface area (Å²) in [5.74, 6) is 0. The summed E-state index contributed by atoms with van der Waals surface area (Å²) >= 11 is 1.71. The van der Waals surface area contributed by atoms with Gasteiger partial charge in [-0.2, -0.15) is 4.31 Å². The summed E-state index contributed by atoms with van der Waals surface area (Å²) in [5.41, 5.74) is 1.15. The molecule has 1 aliphatic heterocycles. The van der Waals surface area contributed by atoms with Crippen LogP contribution >= 0.6 is 11.3 Å². The molecule has 2 heterocycles. The number of hydrogen-bond donors (Lipinski definition) is 0. The van der Waals surface area contributed by atoms with Gasteiger partial charge >= 0.3 is 0 Å². The van der Waals surface area contributed by atoms with E-state index in [4.69, 9.17) is 0 Å². The van der Waals surface area contributed by atoms with Gasteiger partial charge in [0.1, 0.15) is 0 Å². The van der Waals surface area contributed by atoms with Crippen molar-refractivity contribution in [1.82, 2.24) is 4.31 Å². The van der Waals surface area contributed by atoms with Crippen molar-refractivity contribution in [2.45, 2.75) is 19.9 Å². The Kier molecular flexibility index (Phi) is 2.95. The molecule has 0 spiro atoms. The molecule has 0 N–H and O–H groups in total. The molecule has 0 atom stereocenters. The highest BCUT2D eigenvalue weighted by Crippen LogP contribution is 2.25. The molecule has 82 valence electrons. The Morgan fingerprint density at radius 2 is 2.33 bits per heavy atom. The third-order valence-corrected chi connectivity index (χ3v) is 5.11. The Bertz CT molecular complexity index is 473. The molecule has 0 unspecified atom stereocenters. The average molecular weight is 243 g/mol. The first kappa shape index (κ1) is 10.9. The van der Waals surface area contributed by atoms with Crippen molar-refractivity contribution >= 4 is 21.4 Å². The Morgan fingerprint density at radius 3 is 3.07 bits per heavy atom. The monoisotopic (exact) mass is 243 g/mol. The lowest BCUT2D eigenvalue weighted by Gasteiger charge is -2.24. The smallest absolute Gasteiger partial charge is 0.208 e. The number of sulfonamides is 1. The van der Waals surface area contributed by atoms with Crippen molar-refractivity contribution in [2.75, 3.05) is 6.54 Å². The first-order chi connectivity index (χ1) is 7.13. The molecule has 0 aliphatic carbocycles. The fraction of sp³-hybridized carbons (Fsp3) is 0.400. The molecule has 1 aromatic rings. The fourth-order valence-corrected chi connectivity index (χ4v) is 3.77. The summed E-state index contributed by atoms with van der Waals surface area (Å²) in [4.78, 5) is 1.32. The molecule has 0 amide bonds. The normalized spacial score (nSPS) is 18.2. The van der Waals surface area contributed by atoms with Gasteiger partial charge in [-0.05, 0) is 30.4 Å². The first-order valence-electron chi connectivity index (χ1n) is 4.81. The molecule has 0 bridgehead atoms. The van der Waals surface area contributed by atoms with Crippen molar-refractivity contribution in [2.24, 2.45) is 0 Å². The van der Waals surface area contributed by atoms with Crippen LogP contribution < -0.4 is 0 Å². The summed E-state index contributed by atoms with van der Waals surface area (Å²) < 4.78 is 25.0. The van der Waals surface area contributed by atoms with Gasteiger partial charge in [0.05, 0.1) is 0 Å². The van der Waals surface area contributed by atoms with E-state index in [9.17, 15) is 8.42 Å². The van der Waals surface area contributed by atoms with Crippen LogP contribution in [0.1, 0.15) is 17.4 Å². The topological polar surface area (TPSA) is 37.4 Å². The zero-order valence-corrected chi connectivity index (χ0v) is 10.1. The van der Waals surface area contributed by atoms with E-state index in [0.29, 0.717) is 13.1 Å². The number of allylic oxidation sites excluding steroid dienone is 1. The zero-order valence-electron chi connectivity index (χ0n) is 8.51. The lowest BCUT2D eigenvalue weighted by Crippen LogP contribution is -2.33. The highest BCUT2D eigenvalue weighted by atomic mass is 32.2. The molecule has 1 aromatic heterocycles. The molecule has 0 aromatic carbocycles. The molecule has 5 heteroatoms. The van der Waals surface area contributed by atoms with Crippen LogP contribution in [0.4, 0.5) is 0 Å². The first-order valence-corrected chi connectivity index (χ1v) is 7.20. The molecule has 1 aliphatic rings. The molecule has 0 saturated heterocycles. The Hall–Kier alpha value is -0.650. The molecular weight excluding hydrogens is 230 g/mol. The summed E-state index contributed by atoms with van der Waals surface area (Å²) in [6.45, 7) is 2.84.